The molecule has 0 saturated heterocycles. The summed E-state index contributed by atoms with van der Waals surface area (Å²) in [5.41, 5.74) is -0.449. The zero-order valence-corrected chi connectivity index (χ0v) is 13.1. The molecule has 4 bridgehead atoms. The Bertz CT molecular complexity index is 580. The molecule has 0 aromatic heterocycles. The summed E-state index contributed by atoms with van der Waals surface area (Å²) in [7, 11) is -4.62. The molecule has 8 heteroatoms. The molecule has 0 amide bonds. The standard InChI is InChI=1S/C14H20O7S/c1-8(15)21-14-4-9-2-10(5-14)13(11(3-9)6-14)20-12(16)7-22(17,18)19/h9-11,13H,2-7H2,1H3,(H,17,18,19)/p-1. The molecule has 2 atom stereocenters. The van der Waals surface area contributed by atoms with Gasteiger partial charge in [-0.1, -0.05) is 0 Å². The summed E-state index contributed by atoms with van der Waals surface area (Å²) >= 11 is 0. The molecule has 4 aliphatic carbocycles. The van der Waals surface area contributed by atoms with Crippen molar-refractivity contribution in [2.45, 2.75) is 50.7 Å². The minimum absolute atomic E-state index is 0.0731. The molecule has 0 heterocycles. The average molecular weight is 331 g/mol. The molecule has 4 aliphatic rings. The van der Waals surface area contributed by atoms with Gasteiger partial charge in [0.25, 0.3) is 0 Å². The molecule has 2 unspecified atom stereocenters. The largest absolute Gasteiger partial charge is 0.748 e. The number of ether oxygens (including phenoxy) is 2. The van der Waals surface area contributed by atoms with Gasteiger partial charge in [0.2, 0.25) is 0 Å². The Kier molecular flexibility index (Phi) is 3.71. The van der Waals surface area contributed by atoms with Crippen LogP contribution in [0.5, 0.6) is 0 Å². The van der Waals surface area contributed by atoms with Crippen LogP contribution in [0.25, 0.3) is 0 Å². The van der Waals surface area contributed by atoms with Gasteiger partial charge in [-0.25, -0.2) is 8.42 Å². The Hall–Kier alpha value is -1.15. The summed E-state index contributed by atoms with van der Waals surface area (Å²) in [6.07, 6.45) is 3.55. The van der Waals surface area contributed by atoms with Crippen molar-refractivity contribution in [3.8, 4) is 0 Å². The van der Waals surface area contributed by atoms with E-state index < -0.39 is 27.4 Å². The van der Waals surface area contributed by atoms with Gasteiger partial charge in [0.15, 0.2) is 0 Å². The lowest BCUT2D eigenvalue weighted by atomic mass is 9.53. The van der Waals surface area contributed by atoms with Crippen LogP contribution in [-0.4, -0.2) is 42.4 Å². The van der Waals surface area contributed by atoms with E-state index in [1.165, 1.54) is 6.92 Å². The highest BCUT2D eigenvalue weighted by Gasteiger charge is 2.58. The Labute approximate surface area is 129 Å². The van der Waals surface area contributed by atoms with E-state index in [4.69, 9.17) is 9.47 Å². The molecule has 0 spiro atoms. The Morgan fingerprint density at radius 2 is 1.77 bits per heavy atom. The first-order valence-electron chi connectivity index (χ1n) is 7.48. The van der Waals surface area contributed by atoms with Gasteiger partial charge in [0.1, 0.15) is 27.6 Å². The Balaban J connectivity index is 1.70. The maximum Gasteiger partial charge on any atom is 0.320 e. The van der Waals surface area contributed by atoms with Crippen molar-refractivity contribution >= 4 is 22.1 Å². The smallest absolute Gasteiger partial charge is 0.320 e. The molecular formula is C14H19O7S-. The first-order chi connectivity index (χ1) is 10.2. The van der Waals surface area contributed by atoms with Crippen molar-refractivity contribution in [1.82, 2.24) is 0 Å². The molecular weight excluding hydrogens is 312 g/mol. The summed E-state index contributed by atoms with van der Waals surface area (Å²) in [4.78, 5) is 23.0. The zero-order chi connectivity index (χ0) is 16.1. The fourth-order valence-electron chi connectivity index (χ4n) is 4.86. The highest BCUT2D eigenvalue weighted by Crippen LogP contribution is 2.58. The van der Waals surface area contributed by atoms with Gasteiger partial charge in [-0.15, -0.1) is 0 Å². The van der Waals surface area contributed by atoms with E-state index in [9.17, 15) is 22.6 Å². The highest BCUT2D eigenvalue weighted by molar-refractivity contribution is 7.86. The fraction of sp³-hybridized carbons (Fsp3) is 0.857. The van der Waals surface area contributed by atoms with Crippen LogP contribution in [0, 0.1) is 17.8 Å². The van der Waals surface area contributed by atoms with Crippen LogP contribution in [0.15, 0.2) is 0 Å². The van der Waals surface area contributed by atoms with Crippen molar-refractivity contribution in [2.24, 2.45) is 17.8 Å². The van der Waals surface area contributed by atoms with E-state index in [2.05, 4.69) is 0 Å². The SMILES string of the molecule is CC(=O)OC12CC3CC(C1)C(OC(=O)CS(=O)(=O)[O-])C(C3)C2. The predicted octanol–water partition coefficient (Wildman–Crippen LogP) is 0.585. The van der Waals surface area contributed by atoms with Crippen LogP contribution >= 0.6 is 0 Å². The minimum Gasteiger partial charge on any atom is -0.748 e. The average Bonchev–Trinajstić information content (AvgIpc) is 2.28. The van der Waals surface area contributed by atoms with Crippen LogP contribution < -0.4 is 0 Å². The Morgan fingerprint density at radius 1 is 1.18 bits per heavy atom. The number of hydrogen-bond donors (Lipinski definition) is 0. The molecule has 0 aromatic carbocycles. The molecule has 0 aromatic rings. The lowest BCUT2D eigenvalue weighted by Gasteiger charge is -2.58. The normalized spacial score (nSPS) is 39.5. The van der Waals surface area contributed by atoms with Gasteiger partial charge in [-0.2, -0.15) is 0 Å². The maximum atomic E-state index is 11.6. The quantitative estimate of drug-likeness (QED) is 0.547. The van der Waals surface area contributed by atoms with Crippen molar-refractivity contribution in [1.29, 1.82) is 0 Å². The number of hydrogen-bond acceptors (Lipinski definition) is 7. The highest BCUT2D eigenvalue weighted by atomic mass is 32.2. The summed E-state index contributed by atoms with van der Waals surface area (Å²) in [6.45, 7) is 1.40. The first-order valence-corrected chi connectivity index (χ1v) is 9.06. The Morgan fingerprint density at radius 3 is 2.27 bits per heavy atom. The van der Waals surface area contributed by atoms with Gasteiger partial charge in [0.05, 0.1) is 0 Å². The number of carbonyl (C=O) groups is 2. The van der Waals surface area contributed by atoms with E-state index in [1.807, 2.05) is 0 Å². The summed E-state index contributed by atoms with van der Waals surface area (Å²) in [5.74, 6) is -1.80. The van der Waals surface area contributed by atoms with E-state index >= 15 is 0 Å². The van der Waals surface area contributed by atoms with Gasteiger partial charge >= 0.3 is 11.9 Å². The van der Waals surface area contributed by atoms with Crippen molar-refractivity contribution < 1.29 is 32.0 Å². The molecule has 4 rings (SSSR count). The summed E-state index contributed by atoms with van der Waals surface area (Å²) in [5, 5.41) is 0. The van der Waals surface area contributed by atoms with Crippen molar-refractivity contribution in [2.75, 3.05) is 5.75 Å². The van der Waals surface area contributed by atoms with E-state index in [0.717, 1.165) is 19.3 Å². The molecule has 22 heavy (non-hydrogen) atoms. The van der Waals surface area contributed by atoms with E-state index in [1.54, 1.807) is 0 Å². The number of rotatable bonds is 4. The van der Waals surface area contributed by atoms with Crippen molar-refractivity contribution in [3.63, 3.8) is 0 Å². The molecule has 0 N–H and O–H groups in total. The lowest BCUT2D eigenvalue weighted by Crippen LogP contribution is -2.59. The van der Waals surface area contributed by atoms with E-state index in [0.29, 0.717) is 18.8 Å². The molecule has 4 saturated carbocycles. The van der Waals surface area contributed by atoms with Gasteiger partial charge in [-0.05, 0) is 38.0 Å². The molecule has 4 fully saturated rings. The monoisotopic (exact) mass is 331 g/mol. The van der Waals surface area contributed by atoms with Crippen molar-refractivity contribution in [3.05, 3.63) is 0 Å². The van der Waals surface area contributed by atoms with E-state index in [-0.39, 0.29) is 23.9 Å². The van der Waals surface area contributed by atoms with Crippen LogP contribution in [0.2, 0.25) is 0 Å². The number of esters is 2. The van der Waals surface area contributed by atoms with Crippen LogP contribution in [0.3, 0.4) is 0 Å². The first kappa shape index (κ1) is 15.7. The van der Waals surface area contributed by atoms with Crippen LogP contribution in [0.1, 0.15) is 39.0 Å². The maximum absolute atomic E-state index is 11.6. The second-order valence-corrected chi connectivity index (χ2v) is 8.31. The third-order valence-electron chi connectivity index (χ3n) is 5.05. The molecule has 0 radical (unpaired) electrons. The fourth-order valence-corrected chi connectivity index (χ4v) is 5.21. The minimum atomic E-state index is -4.62. The second kappa shape index (κ2) is 5.19. The predicted molar refractivity (Wildman–Crippen MR) is 72.5 cm³/mol. The third kappa shape index (κ3) is 3.12. The lowest BCUT2D eigenvalue weighted by molar-refractivity contribution is -0.213. The van der Waals surface area contributed by atoms with Crippen LogP contribution in [0.4, 0.5) is 0 Å². The third-order valence-corrected chi connectivity index (χ3v) is 5.64. The van der Waals surface area contributed by atoms with Gasteiger partial charge in [-0.3, -0.25) is 9.59 Å². The summed E-state index contributed by atoms with van der Waals surface area (Å²) in [6, 6.07) is 0. The van der Waals surface area contributed by atoms with Gasteiger partial charge < -0.3 is 14.0 Å². The number of carbonyl (C=O) groups excluding carboxylic acids is 2. The van der Waals surface area contributed by atoms with Gasteiger partial charge in [0, 0.05) is 18.8 Å². The molecule has 0 aliphatic heterocycles. The van der Waals surface area contributed by atoms with Crippen LogP contribution in [-0.2, 0) is 29.2 Å². The topological polar surface area (TPSA) is 110 Å². The zero-order valence-electron chi connectivity index (χ0n) is 12.3. The molecule has 7 nitrogen and oxygen atoms in total. The summed E-state index contributed by atoms with van der Waals surface area (Å²) < 4.78 is 42.8. The second-order valence-electron chi connectivity index (χ2n) is 6.90. The molecule has 124 valence electrons.